The third kappa shape index (κ3) is 4.34. The van der Waals surface area contributed by atoms with Gasteiger partial charge in [-0.25, -0.2) is 0 Å². The predicted octanol–water partition coefficient (Wildman–Crippen LogP) is 2.81. The van der Waals surface area contributed by atoms with Crippen LogP contribution in [0.3, 0.4) is 0 Å². The van der Waals surface area contributed by atoms with Gasteiger partial charge in [-0.3, -0.25) is 4.79 Å². The summed E-state index contributed by atoms with van der Waals surface area (Å²) in [5.74, 6) is 0.892. The summed E-state index contributed by atoms with van der Waals surface area (Å²) < 4.78 is 0. The maximum absolute atomic E-state index is 12.1. The molecule has 1 aliphatic rings. The molecule has 2 atom stereocenters. The number of piperidine rings is 1. The summed E-state index contributed by atoms with van der Waals surface area (Å²) in [7, 11) is 0. The van der Waals surface area contributed by atoms with Crippen LogP contribution >= 0.6 is 0 Å². The minimum atomic E-state index is 0.311. The van der Waals surface area contributed by atoms with Crippen molar-refractivity contribution in [3.8, 4) is 0 Å². The van der Waals surface area contributed by atoms with E-state index in [4.69, 9.17) is 0 Å². The summed E-state index contributed by atoms with van der Waals surface area (Å²) in [6.07, 6.45) is 2.77. The first-order valence-corrected chi connectivity index (χ1v) is 7.74. The summed E-state index contributed by atoms with van der Waals surface area (Å²) >= 11 is 0. The molecule has 0 spiro atoms. The molecule has 3 nitrogen and oxygen atoms in total. The second-order valence-electron chi connectivity index (χ2n) is 5.95. The Morgan fingerprint density at radius 3 is 2.75 bits per heavy atom. The van der Waals surface area contributed by atoms with Crippen LogP contribution in [0.4, 0.5) is 0 Å². The van der Waals surface area contributed by atoms with Crippen LogP contribution in [-0.2, 0) is 11.3 Å². The van der Waals surface area contributed by atoms with Crippen LogP contribution in [0.15, 0.2) is 30.3 Å². The number of carbonyl (C=O) groups is 1. The zero-order chi connectivity index (χ0) is 14.4. The van der Waals surface area contributed by atoms with Gasteiger partial charge in [0, 0.05) is 32.1 Å². The van der Waals surface area contributed by atoms with Crippen LogP contribution in [0.25, 0.3) is 0 Å². The molecule has 0 aromatic heterocycles. The zero-order valence-electron chi connectivity index (χ0n) is 12.6. The van der Waals surface area contributed by atoms with E-state index >= 15 is 0 Å². The molecule has 110 valence electrons. The Bertz CT molecular complexity index is 418. The van der Waals surface area contributed by atoms with Crippen molar-refractivity contribution < 1.29 is 4.79 Å². The molecule has 1 amide bonds. The van der Waals surface area contributed by atoms with Gasteiger partial charge < -0.3 is 10.2 Å². The maximum atomic E-state index is 12.1. The minimum absolute atomic E-state index is 0.311. The first-order valence-electron chi connectivity index (χ1n) is 7.74. The van der Waals surface area contributed by atoms with Crippen molar-refractivity contribution in [2.45, 2.75) is 45.7 Å². The lowest BCUT2D eigenvalue weighted by molar-refractivity contribution is -0.133. The van der Waals surface area contributed by atoms with E-state index in [-0.39, 0.29) is 0 Å². The molecule has 3 heteroatoms. The average Bonchev–Trinajstić information content (AvgIpc) is 2.46. The normalized spacial score (nSPS) is 22.8. The SMILES string of the molecule is CCCC(=O)N1CC(C)CC(NCc2ccccc2)C1. The number of carbonyl (C=O) groups excluding carboxylic acids is 1. The van der Waals surface area contributed by atoms with Gasteiger partial charge in [-0.15, -0.1) is 0 Å². The Morgan fingerprint density at radius 2 is 2.05 bits per heavy atom. The molecule has 0 saturated carbocycles. The highest BCUT2D eigenvalue weighted by atomic mass is 16.2. The number of likely N-dealkylation sites (tertiary alicyclic amines) is 1. The Labute approximate surface area is 122 Å². The summed E-state index contributed by atoms with van der Waals surface area (Å²) in [6, 6.07) is 10.9. The summed E-state index contributed by atoms with van der Waals surface area (Å²) in [6.45, 7) is 6.96. The Hall–Kier alpha value is -1.35. The fourth-order valence-corrected chi connectivity index (χ4v) is 2.93. The molecule has 0 bridgehead atoms. The first-order chi connectivity index (χ1) is 9.69. The van der Waals surface area contributed by atoms with Gasteiger partial charge in [0.25, 0.3) is 0 Å². The molecule has 1 aromatic carbocycles. The van der Waals surface area contributed by atoms with Crippen LogP contribution < -0.4 is 5.32 Å². The summed E-state index contributed by atoms with van der Waals surface area (Å²) in [4.78, 5) is 14.1. The van der Waals surface area contributed by atoms with Crippen LogP contribution in [0, 0.1) is 5.92 Å². The Kier molecular flexibility index (Phi) is 5.60. The van der Waals surface area contributed by atoms with Crippen LogP contribution in [0.2, 0.25) is 0 Å². The van der Waals surface area contributed by atoms with Crippen molar-refractivity contribution in [3.63, 3.8) is 0 Å². The molecular weight excluding hydrogens is 248 g/mol. The highest BCUT2D eigenvalue weighted by Gasteiger charge is 2.26. The fraction of sp³-hybridized carbons (Fsp3) is 0.588. The second-order valence-corrected chi connectivity index (χ2v) is 5.95. The number of nitrogens with zero attached hydrogens (tertiary/aromatic N) is 1. The van der Waals surface area contributed by atoms with E-state index in [9.17, 15) is 4.79 Å². The molecule has 1 aromatic rings. The molecule has 1 N–H and O–H groups in total. The third-order valence-electron chi connectivity index (χ3n) is 3.91. The van der Waals surface area contributed by atoms with Gasteiger partial charge in [-0.05, 0) is 24.3 Å². The summed E-state index contributed by atoms with van der Waals surface area (Å²) in [5.41, 5.74) is 1.30. The molecule has 1 heterocycles. The topological polar surface area (TPSA) is 32.3 Å². The van der Waals surface area contributed by atoms with Gasteiger partial charge in [-0.2, -0.15) is 0 Å². The van der Waals surface area contributed by atoms with Crippen LogP contribution in [0.1, 0.15) is 38.7 Å². The van der Waals surface area contributed by atoms with Crippen LogP contribution in [0.5, 0.6) is 0 Å². The lowest BCUT2D eigenvalue weighted by Gasteiger charge is -2.37. The van der Waals surface area contributed by atoms with Crippen molar-refractivity contribution in [2.24, 2.45) is 5.92 Å². The lowest BCUT2D eigenvalue weighted by Crippen LogP contribution is -2.50. The highest BCUT2D eigenvalue weighted by molar-refractivity contribution is 5.76. The van der Waals surface area contributed by atoms with E-state index < -0.39 is 0 Å². The van der Waals surface area contributed by atoms with E-state index in [2.05, 4.69) is 43.4 Å². The van der Waals surface area contributed by atoms with Crippen molar-refractivity contribution in [1.29, 1.82) is 0 Å². The standard InChI is InChI=1S/C17H26N2O/c1-3-7-17(20)19-12-14(2)10-16(13-19)18-11-15-8-5-4-6-9-15/h4-6,8-9,14,16,18H,3,7,10-13H2,1-2H3. The second kappa shape index (κ2) is 7.44. The van der Waals surface area contributed by atoms with Crippen molar-refractivity contribution in [1.82, 2.24) is 10.2 Å². The van der Waals surface area contributed by atoms with Gasteiger partial charge >= 0.3 is 0 Å². The quantitative estimate of drug-likeness (QED) is 0.895. The van der Waals surface area contributed by atoms with Gasteiger partial charge in [-0.1, -0.05) is 44.2 Å². The van der Waals surface area contributed by atoms with Crippen molar-refractivity contribution >= 4 is 5.91 Å². The first kappa shape index (κ1) is 15.0. The van der Waals surface area contributed by atoms with E-state index in [1.165, 1.54) is 5.56 Å². The largest absolute Gasteiger partial charge is 0.341 e. The minimum Gasteiger partial charge on any atom is -0.341 e. The number of hydrogen-bond donors (Lipinski definition) is 1. The molecule has 2 unspecified atom stereocenters. The number of rotatable bonds is 5. The molecule has 0 radical (unpaired) electrons. The van der Waals surface area contributed by atoms with Gasteiger partial charge in [0.15, 0.2) is 0 Å². The Balaban J connectivity index is 1.86. The maximum Gasteiger partial charge on any atom is 0.222 e. The number of nitrogens with one attached hydrogen (secondary N) is 1. The molecule has 2 rings (SSSR count). The molecule has 1 fully saturated rings. The molecule has 0 aliphatic carbocycles. The lowest BCUT2D eigenvalue weighted by atomic mass is 9.95. The van der Waals surface area contributed by atoms with E-state index in [0.717, 1.165) is 32.5 Å². The molecule has 20 heavy (non-hydrogen) atoms. The van der Waals surface area contributed by atoms with Gasteiger partial charge in [0.05, 0.1) is 0 Å². The fourth-order valence-electron chi connectivity index (χ4n) is 2.93. The van der Waals surface area contributed by atoms with Crippen LogP contribution in [-0.4, -0.2) is 29.9 Å². The van der Waals surface area contributed by atoms with Gasteiger partial charge in [0.2, 0.25) is 5.91 Å². The molecule has 1 aliphatic heterocycles. The van der Waals surface area contributed by atoms with E-state index in [1.807, 2.05) is 11.0 Å². The summed E-state index contributed by atoms with van der Waals surface area (Å²) in [5, 5.41) is 3.60. The van der Waals surface area contributed by atoms with Crippen molar-refractivity contribution in [2.75, 3.05) is 13.1 Å². The molecule has 1 saturated heterocycles. The Morgan fingerprint density at radius 1 is 1.30 bits per heavy atom. The monoisotopic (exact) mass is 274 g/mol. The smallest absolute Gasteiger partial charge is 0.222 e. The van der Waals surface area contributed by atoms with Crippen molar-refractivity contribution in [3.05, 3.63) is 35.9 Å². The average molecular weight is 274 g/mol. The van der Waals surface area contributed by atoms with E-state index in [0.29, 0.717) is 24.3 Å². The molecular formula is C17H26N2O. The number of amides is 1. The van der Waals surface area contributed by atoms with E-state index in [1.54, 1.807) is 0 Å². The third-order valence-corrected chi connectivity index (χ3v) is 3.91. The number of benzene rings is 1. The predicted molar refractivity (Wildman–Crippen MR) is 82.3 cm³/mol. The zero-order valence-corrected chi connectivity index (χ0v) is 12.6. The van der Waals surface area contributed by atoms with Gasteiger partial charge in [0.1, 0.15) is 0 Å². The highest BCUT2D eigenvalue weighted by Crippen LogP contribution is 2.18. The number of hydrogen-bond acceptors (Lipinski definition) is 2.